The van der Waals surface area contributed by atoms with Crippen LogP contribution in [0.1, 0.15) is 23.2 Å². The number of carbonyl (C=O) groups is 1. The Kier molecular flexibility index (Phi) is 4.18. The molecule has 0 atom stereocenters. The largest absolute Gasteiger partial charge is 0.465 e. The SMILES string of the molecule is COC(=O)c1cccc(Nc2ccnc(N3CCCC3)n2)c1. The molecule has 0 spiro atoms. The van der Waals surface area contributed by atoms with E-state index < -0.39 is 0 Å². The lowest BCUT2D eigenvalue weighted by atomic mass is 10.2. The summed E-state index contributed by atoms with van der Waals surface area (Å²) in [5.41, 5.74) is 1.29. The van der Waals surface area contributed by atoms with Gasteiger partial charge in [-0.25, -0.2) is 9.78 Å². The van der Waals surface area contributed by atoms with Gasteiger partial charge in [-0.05, 0) is 37.1 Å². The van der Waals surface area contributed by atoms with E-state index in [1.54, 1.807) is 24.4 Å². The van der Waals surface area contributed by atoms with Crippen LogP contribution in [0.4, 0.5) is 17.5 Å². The second kappa shape index (κ2) is 6.43. The van der Waals surface area contributed by atoms with Crippen molar-refractivity contribution in [3.05, 3.63) is 42.1 Å². The van der Waals surface area contributed by atoms with Crippen molar-refractivity contribution >= 4 is 23.4 Å². The Morgan fingerprint density at radius 3 is 2.86 bits per heavy atom. The summed E-state index contributed by atoms with van der Waals surface area (Å²) in [7, 11) is 1.37. The van der Waals surface area contributed by atoms with Gasteiger partial charge in [0, 0.05) is 25.0 Å². The zero-order chi connectivity index (χ0) is 15.4. The molecule has 3 rings (SSSR count). The molecule has 6 nitrogen and oxygen atoms in total. The predicted molar refractivity (Wildman–Crippen MR) is 84.5 cm³/mol. The molecule has 0 amide bonds. The summed E-state index contributed by atoms with van der Waals surface area (Å²) in [6.45, 7) is 2.00. The van der Waals surface area contributed by atoms with Gasteiger partial charge in [-0.3, -0.25) is 0 Å². The number of carbonyl (C=O) groups excluding carboxylic acids is 1. The summed E-state index contributed by atoms with van der Waals surface area (Å²) in [5, 5.41) is 3.20. The fourth-order valence-electron chi connectivity index (χ4n) is 2.48. The quantitative estimate of drug-likeness (QED) is 0.875. The van der Waals surface area contributed by atoms with E-state index in [-0.39, 0.29) is 5.97 Å². The molecule has 1 aliphatic heterocycles. The van der Waals surface area contributed by atoms with Crippen LogP contribution in [0.5, 0.6) is 0 Å². The number of hydrogen-bond donors (Lipinski definition) is 1. The van der Waals surface area contributed by atoms with Gasteiger partial charge in [0.1, 0.15) is 5.82 Å². The molecular formula is C16H18N4O2. The predicted octanol–water partition coefficient (Wildman–Crippen LogP) is 2.61. The lowest BCUT2D eigenvalue weighted by Gasteiger charge is -2.15. The maximum atomic E-state index is 11.6. The van der Waals surface area contributed by atoms with E-state index in [0.717, 1.165) is 24.7 Å². The Bertz CT molecular complexity index is 669. The van der Waals surface area contributed by atoms with Crippen LogP contribution < -0.4 is 10.2 Å². The van der Waals surface area contributed by atoms with Crippen LogP contribution in [0.3, 0.4) is 0 Å². The molecule has 0 saturated carbocycles. The molecule has 1 N–H and O–H groups in total. The Morgan fingerprint density at radius 1 is 1.27 bits per heavy atom. The highest BCUT2D eigenvalue weighted by molar-refractivity contribution is 5.90. The molecule has 1 aromatic heterocycles. The first-order valence-electron chi connectivity index (χ1n) is 7.29. The van der Waals surface area contributed by atoms with E-state index in [0.29, 0.717) is 11.4 Å². The third-order valence-corrected chi connectivity index (χ3v) is 3.59. The van der Waals surface area contributed by atoms with Crippen molar-refractivity contribution in [3.63, 3.8) is 0 Å². The molecule has 1 aromatic carbocycles. The molecule has 1 fully saturated rings. The monoisotopic (exact) mass is 298 g/mol. The summed E-state index contributed by atoms with van der Waals surface area (Å²) in [6, 6.07) is 8.95. The van der Waals surface area contributed by atoms with Crippen LogP contribution in [-0.4, -0.2) is 36.1 Å². The lowest BCUT2D eigenvalue weighted by molar-refractivity contribution is 0.0601. The number of anilines is 3. The summed E-state index contributed by atoms with van der Waals surface area (Å²) < 4.78 is 4.73. The van der Waals surface area contributed by atoms with E-state index in [1.165, 1.54) is 20.0 Å². The molecule has 2 aromatic rings. The minimum absolute atomic E-state index is 0.357. The average Bonchev–Trinajstić information content (AvgIpc) is 3.09. The molecule has 6 heteroatoms. The van der Waals surface area contributed by atoms with Crippen LogP contribution in [0, 0.1) is 0 Å². The van der Waals surface area contributed by atoms with E-state index in [9.17, 15) is 4.79 Å². The molecule has 0 radical (unpaired) electrons. The van der Waals surface area contributed by atoms with Crippen LogP contribution in [0.25, 0.3) is 0 Å². The molecule has 0 aliphatic carbocycles. The Morgan fingerprint density at radius 2 is 2.09 bits per heavy atom. The Balaban J connectivity index is 1.78. The lowest BCUT2D eigenvalue weighted by Crippen LogP contribution is -2.20. The summed E-state index contributed by atoms with van der Waals surface area (Å²) >= 11 is 0. The summed E-state index contributed by atoms with van der Waals surface area (Å²) in [5.74, 6) is 1.09. The van der Waals surface area contributed by atoms with Crippen LogP contribution in [0.2, 0.25) is 0 Å². The van der Waals surface area contributed by atoms with Crippen molar-refractivity contribution in [2.75, 3.05) is 30.4 Å². The van der Waals surface area contributed by atoms with Crippen molar-refractivity contribution in [1.82, 2.24) is 9.97 Å². The van der Waals surface area contributed by atoms with Gasteiger partial charge in [0.25, 0.3) is 0 Å². The Hall–Kier alpha value is -2.63. The highest BCUT2D eigenvalue weighted by atomic mass is 16.5. The maximum Gasteiger partial charge on any atom is 0.337 e. The molecular weight excluding hydrogens is 280 g/mol. The first kappa shape index (κ1) is 14.3. The Labute approximate surface area is 129 Å². The molecule has 0 bridgehead atoms. The number of ether oxygens (including phenoxy) is 1. The smallest absolute Gasteiger partial charge is 0.337 e. The van der Waals surface area contributed by atoms with Gasteiger partial charge in [-0.2, -0.15) is 4.98 Å². The normalized spacial score (nSPS) is 14.0. The number of esters is 1. The second-order valence-electron chi connectivity index (χ2n) is 5.13. The maximum absolute atomic E-state index is 11.6. The number of benzene rings is 1. The first-order valence-corrected chi connectivity index (χ1v) is 7.29. The van der Waals surface area contributed by atoms with Gasteiger partial charge in [0.15, 0.2) is 0 Å². The topological polar surface area (TPSA) is 67.3 Å². The van der Waals surface area contributed by atoms with Crippen molar-refractivity contribution in [2.24, 2.45) is 0 Å². The number of hydrogen-bond acceptors (Lipinski definition) is 6. The highest BCUT2D eigenvalue weighted by Crippen LogP contribution is 2.20. The van der Waals surface area contributed by atoms with Crippen LogP contribution in [0.15, 0.2) is 36.5 Å². The van der Waals surface area contributed by atoms with Gasteiger partial charge in [0.2, 0.25) is 5.95 Å². The minimum Gasteiger partial charge on any atom is -0.465 e. The highest BCUT2D eigenvalue weighted by Gasteiger charge is 2.15. The first-order chi connectivity index (χ1) is 10.8. The van der Waals surface area contributed by atoms with E-state index in [2.05, 4.69) is 20.2 Å². The molecule has 114 valence electrons. The molecule has 2 heterocycles. The molecule has 0 unspecified atom stereocenters. The van der Waals surface area contributed by atoms with Crippen LogP contribution in [-0.2, 0) is 4.74 Å². The zero-order valence-corrected chi connectivity index (χ0v) is 12.5. The van der Waals surface area contributed by atoms with Crippen molar-refractivity contribution in [1.29, 1.82) is 0 Å². The van der Waals surface area contributed by atoms with Gasteiger partial charge < -0.3 is 15.0 Å². The standard InChI is InChI=1S/C16H18N4O2/c1-22-15(21)12-5-4-6-13(11-12)18-14-7-8-17-16(19-14)20-9-2-3-10-20/h4-8,11H,2-3,9-10H2,1H3,(H,17,18,19). The third-order valence-electron chi connectivity index (χ3n) is 3.59. The number of rotatable bonds is 4. The summed E-state index contributed by atoms with van der Waals surface area (Å²) in [6.07, 6.45) is 4.11. The summed E-state index contributed by atoms with van der Waals surface area (Å²) in [4.78, 5) is 22.6. The van der Waals surface area contributed by atoms with Gasteiger partial charge >= 0.3 is 5.97 Å². The van der Waals surface area contributed by atoms with Gasteiger partial charge in [-0.1, -0.05) is 6.07 Å². The zero-order valence-electron chi connectivity index (χ0n) is 12.5. The fourth-order valence-corrected chi connectivity index (χ4v) is 2.48. The van der Waals surface area contributed by atoms with Gasteiger partial charge in [0.05, 0.1) is 12.7 Å². The molecule has 1 saturated heterocycles. The number of aromatic nitrogens is 2. The van der Waals surface area contributed by atoms with E-state index >= 15 is 0 Å². The number of nitrogens with zero attached hydrogens (tertiary/aromatic N) is 3. The van der Waals surface area contributed by atoms with Gasteiger partial charge in [-0.15, -0.1) is 0 Å². The van der Waals surface area contributed by atoms with E-state index in [4.69, 9.17) is 4.74 Å². The number of nitrogens with one attached hydrogen (secondary N) is 1. The third kappa shape index (κ3) is 3.16. The average molecular weight is 298 g/mol. The van der Waals surface area contributed by atoms with E-state index in [1.807, 2.05) is 12.1 Å². The number of methoxy groups -OCH3 is 1. The molecule has 1 aliphatic rings. The van der Waals surface area contributed by atoms with Crippen molar-refractivity contribution in [2.45, 2.75) is 12.8 Å². The molecule has 22 heavy (non-hydrogen) atoms. The fraction of sp³-hybridized carbons (Fsp3) is 0.312. The minimum atomic E-state index is -0.357. The van der Waals surface area contributed by atoms with Crippen LogP contribution >= 0.6 is 0 Å². The van der Waals surface area contributed by atoms with Crippen molar-refractivity contribution in [3.8, 4) is 0 Å². The van der Waals surface area contributed by atoms with Crippen molar-refractivity contribution < 1.29 is 9.53 Å². The second-order valence-corrected chi connectivity index (χ2v) is 5.13.